The van der Waals surface area contributed by atoms with Gasteiger partial charge in [-0.05, 0) is 38.5 Å². The number of likely N-dealkylation sites (tertiary alicyclic amines) is 1. The molecule has 2 aliphatic heterocycles. The van der Waals surface area contributed by atoms with Gasteiger partial charge in [0.05, 0.1) is 0 Å². The van der Waals surface area contributed by atoms with Crippen molar-refractivity contribution in [1.82, 2.24) is 20.2 Å². The second-order valence-corrected chi connectivity index (χ2v) is 8.40. The molecule has 1 aromatic rings. The van der Waals surface area contributed by atoms with Crippen molar-refractivity contribution in [2.75, 3.05) is 31.1 Å². The summed E-state index contributed by atoms with van der Waals surface area (Å²) in [6, 6.07) is 0.485. The number of piperidine rings is 1. The van der Waals surface area contributed by atoms with Crippen molar-refractivity contribution in [3.8, 4) is 0 Å². The van der Waals surface area contributed by atoms with Crippen LogP contribution < -0.4 is 10.2 Å². The third-order valence-electron chi connectivity index (χ3n) is 6.44. The number of hydrogen-bond acceptors (Lipinski definition) is 5. The molecule has 0 bridgehead atoms. The highest BCUT2D eigenvalue weighted by Crippen LogP contribution is 2.26. The van der Waals surface area contributed by atoms with Gasteiger partial charge in [-0.1, -0.05) is 19.3 Å². The van der Waals surface area contributed by atoms with Gasteiger partial charge in [0.15, 0.2) is 0 Å². The van der Waals surface area contributed by atoms with E-state index in [9.17, 15) is 4.79 Å². The zero-order valence-electron chi connectivity index (χ0n) is 16.4. The van der Waals surface area contributed by atoms with E-state index in [1.165, 1.54) is 32.1 Å². The molecule has 1 N–H and O–H groups in total. The van der Waals surface area contributed by atoms with Gasteiger partial charge in [-0.25, -0.2) is 9.97 Å². The lowest BCUT2D eigenvalue weighted by atomic mass is 9.87. The van der Waals surface area contributed by atoms with Crippen LogP contribution in [0.3, 0.4) is 0 Å². The normalized spacial score (nSPS) is 22.4. The molecule has 1 aromatic heterocycles. The topological polar surface area (TPSA) is 61.4 Å². The molecule has 6 nitrogen and oxygen atoms in total. The molecule has 6 heteroatoms. The van der Waals surface area contributed by atoms with Gasteiger partial charge in [-0.15, -0.1) is 0 Å². The summed E-state index contributed by atoms with van der Waals surface area (Å²) in [5.74, 6) is 1.58. The van der Waals surface area contributed by atoms with Crippen molar-refractivity contribution in [3.05, 3.63) is 18.0 Å². The molecule has 3 heterocycles. The number of carbonyl (C=O) groups excluding carboxylic acids is 1. The molecule has 0 unspecified atom stereocenters. The lowest BCUT2D eigenvalue weighted by molar-refractivity contribution is -0.137. The number of nitrogens with one attached hydrogen (secondary N) is 1. The van der Waals surface area contributed by atoms with E-state index in [4.69, 9.17) is 0 Å². The molecule has 0 radical (unpaired) electrons. The number of anilines is 1. The number of carbonyl (C=O) groups is 1. The molecule has 2 saturated heterocycles. The van der Waals surface area contributed by atoms with E-state index >= 15 is 0 Å². The van der Waals surface area contributed by atoms with E-state index in [-0.39, 0.29) is 0 Å². The summed E-state index contributed by atoms with van der Waals surface area (Å²) in [4.78, 5) is 26.1. The maximum Gasteiger partial charge on any atom is 0.225 e. The Labute approximate surface area is 162 Å². The Kier molecular flexibility index (Phi) is 6.22. The van der Waals surface area contributed by atoms with Gasteiger partial charge in [-0.2, -0.15) is 0 Å². The quantitative estimate of drug-likeness (QED) is 0.862. The Morgan fingerprint density at radius 1 is 0.926 bits per heavy atom. The highest BCUT2D eigenvalue weighted by Gasteiger charge is 2.28. The summed E-state index contributed by atoms with van der Waals surface area (Å²) in [7, 11) is 0. The molecule has 3 fully saturated rings. The van der Waals surface area contributed by atoms with Gasteiger partial charge >= 0.3 is 0 Å². The molecule has 0 spiro atoms. The van der Waals surface area contributed by atoms with Crippen LogP contribution in [0.5, 0.6) is 0 Å². The monoisotopic (exact) mass is 371 g/mol. The van der Waals surface area contributed by atoms with Gasteiger partial charge in [0, 0.05) is 62.6 Å². The first-order chi connectivity index (χ1) is 13.3. The Hall–Kier alpha value is -1.69. The number of amides is 1. The third-order valence-corrected chi connectivity index (χ3v) is 6.44. The van der Waals surface area contributed by atoms with Gasteiger partial charge in [0.25, 0.3) is 0 Å². The zero-order chi connectivity index (χ0) is 18.5. The minimum Gasteiger partial charge on any atom is -0.342 e. The first-order valence-electron chi connectivity index (χ1n) is 10.9. The lowest BCUT2D eigenvalue weighted by Crippen LogP contribution is -2.46. The third kappa shape index (κ3) is 4.78. The maximum absolute atomic E-state index is 12.7. The van der Waals surface area contributed by atoms with Crippen LogP contribution in [0, 0.1) is 5.92 Å². The predicted molar refractivity (Wildman–Crippen MR) is 106 cm³/mol. The van der Waals surface area contributed by atoms with Crippen LogP contribution >= 0.6 is 0 Å². The van der Waals surface area contributed by atoms with Gasteiger partial charge in [0.2, 0.25) is 11.9 Å². The maximum atomic E-state index is 12.7. The summed E-state index contributed by atoms with van der Waals surface area (Å²) >= 11 is 0. The largest absolute Gasteiger partial charge is 0.342 e. The number of hydrogen-bond donors (Lipinski definition) is 1. The molecule has 1 saturated carbocycles. The van der Waals surface area contributed by atoms with Gasteiger partial charge in [-0.3, -0.25) is 4.79 Å². The van der Waals surface area contributed by atoms with Crippen LogP contribution in [0.2, 0.25) is 0 Å². The fraction of sp³-hybridized carbons (Fsp3) is 0.762. The van der Waals surface area contributed by atoms with Crippen molar-refractivity contribution in [1.29, 1.82) is 0 Å². The molecule has 0 atom stereocenters. The SMILES string of the molecule is O=C(C1CCCCC1)N1CCC(NCc2cnc(N3CCCC3)nc2)CC1. The number of rotatable bonds is 5. The predicted octanol–water partition coefficient (Wildman–Crippen LogP) is 2.74. The fourth-order valence-electron chi connectivity index (χ4n) is 4.69. The molecule has 4 rings (SSSR count). The molecule has 1 aliphatic carbocycles. The number of nitrogens with zero attached hydrogens (tertiary/aromatic N) is 4. The van der Waals surface area contributed by atoms with E-state index in [0.717, 1.165) is 69.9 Å². The van der Waals surface area contributed by atoms with Crippen molar-refractivity contribution in [3.63, 3.8) is 0 Å². The molecular weight excluding hydrogens is 338 g/mol. The molecule has 0 aromatic carbocycles. The van der Waals surface area contributed by atoms with Crippen LogP contribution in [0.25, 0.3) is 0 Å². The van der Waals surface area contributed by atoms with Gasteiger partial charge < -0.3 is 15.1 Å². The van der Waals surface area contributed by atoms with E-state index in [0.29, 0.717) is 17.9 Å². The lowest BCUT2D eigenvalue weighted by Gasteiger charge is -2.35. The van der Waals surface area contributed by atoms with Crippen LogP contribution in [0.1, 0.15) is 63.4 Å². The Morgan fingerprint density at radius 2 is 1.59 bits per heavy atom. The Balaban J connectivity index is 1.19. The highest BCUT2D eigenvalue weighted by atomic mass is 16.2. The first kappa shape index (κ1) is 18.7. The summed E-state index contributed by atoms with van der Waals surface area (Å²) in [6.45, 7) is 4.77. The van der Waals surface area contributed by atoms with Crippen LogP contribution in [0.4, 0.5) is 5.95 Å². The molecule has 3 aliphatic rings. The Bertz CT molecular complexity index is 600. The van der Waals surface area contributed by atoms with Crippen molar-refractivity contribution in [2.45, 2.75) is 70.4 Å². The van der Waals surface area contributed by atoms with E-state index in [2.05, 4.69) is 25.1 Å². The van der Waals surface area contributed by atoms with Gasteiger partial charge in [0.1, 0.15) is 0 Å². The van der Waals surface area contributed by atoms with E-state index < -0.39 is 0 Å². The summed E-state index contributed by atoms with van der Waals surface area (Å²) in [5.41, 5.74) is 1.14. The van der Waals surface area contributed by atoms with Crippen molar-refractivity contribution >= 4 is 11.9 Å². The van der Waals surface area contributed by atoms with Crippen LogP contribution in [-0.2, 0) is 11.3 Å². The summed E-state index contributed by atoms with van der Waals surface area (Å²) in [6.07, 6.45) is 14.5. The minimum atomic E-state index is 0.300. The van der Waals surface area contributed by atoms with Crippen LogP contribution in [0.15, 0.2) is 12.4 Å². The first-order valence-corrected chi connectivity index (χ1v) is 10.9. The smallest absolute Gasteiger partial charge is 0.225 e. The van der Waals surface area contributed by atoms with E-state index in [1.54, 1.807) is 0 Å². The fourth-order valence-corrected chi connectivity index (χ4v) is 4.69. The molecule has 27 heavy (non-hydrogen) atoms. The average molecular weight is 372 g/mol. The van der Waals surface area contributed by atoms with Crippen LogP contribution in [-0.4, -0.2) is 53.0 Å². The van der Waals surface area contributed by atoms with Crippen molar-refractivity contribution < 1.29 is 4.79 Å². The average Bonchev–Trinajstić information content (AvgIpc) is 3.28. The minimum absolute atomic E-state index is 0.300. The zero-order valence-corrected chi connectivity index (χ0v) is 16.4. The summed E-state index contributed by atoms with van der Waals surface area (Å²) < 4.78 is 0. The number of aromatic nitrogens is 2. The molecule has 148 valence electrons. The highest BCUT2D eigenvalue weighted by molar-refractivity contribution is 5.79. The Morgan fingerprint density at radius 3 is 2.26 bits per heavy atom. The summed E-state index contributed by atoms with van der Waals surface area (Å²) in [5, 5.41) is 3.63. The second kappa shape index (κ2) is 9.00. The van der Waals surface area contributed by atoms with Crippen molar-refractivity contribution in [2.24, 2.45) is 5.92 Å². The molecular formula is C21H33N5O. The standard InChI is InChI=1S/C21H33N5O/c27-20(18-6-2-1-3-7-18)25-12-8-19(9-13-25)22-14-17-15-23-21(24-16-17)26-10-4-5-11-26/h15-16,18-19,22H,1-14H2. The second-order valence-electron chi connectivity index (χ2n) is 8.40. The molecule has 1 amide bonds. The van der Waals surface area contributed by atoms with E-state index in [1.807, 2.05) is 12.4 Å².